The van der Waals surface area contributed by atoms with Crippen LogP contribution >= 0.6 is 0 Å². The van der Waals surface area contributed by atoms with Crippen molar-refractivity contribution in [2.24, 2.45) is 30.7 Å². The van der Waals surface area contributed by atoms with Crippen molar-refractivity contribution in [1.82, 2.24) is 0 Å². The number of hydrogen-bond acceptors (Lipinski definition) is 6. The van der Waals surface area contributed by atoms with E-state index in [0.717, 1.165) is 69.2 Å². The van der Waals surface area contributed by atoms with E-state index in [1.165, 1.54) is 36.8 Å². The van der Waals surface area contributed by atoms with Crippen molar-refractivity contribution in [3.63, 3.8) is 0 Å². The third-order valence-electron chi connectivity index (χ3n) is 7.27. The summed E-state index contributed by atoms with van der Waals surface area (Å²) >= 11 is 0. The molecule has 0 radical (unpaired) electrons. The number of azo groups is 3. The van der Waals surface area contributed by atoms with Gasteiger partial charge in [0.05, 0.1) is 34.1 Å². The van der Waals surface area contributed by atoms with Crippen LogP contribution in [0.3, 0.4) is 0 Å². The predicted molar refractivity (Wildman–Crippen MR) is 174 cm³/mol. The lowest BCUT2D eigenvalue weighted by atomic mass is 10.1. The number of rotatable bonds is 12. The molecule has 0 aliphatic carbocycles. The Balaban J connectivity index is 1.44. The first-order valence-electron chi connectivity index (χ1n) is 15.0. The highest BCUT2D eigenvalue weighted by atomic mass is 15.1. The first-order valence-corrected chi connectivity index (χ1v) is 15.0. The third kappa shape index (κ3) is 8.59. The molecule has 6 heteroatoms. The SMILES string of the molecule is CCCCc1ccc(N=Nc2cc(C)c(N=Nc3c(C)cc(N=Nc4ccc(CCCC)cc4)cc3C)c(C)c2)cc1. The molecule has 0 aromatic heterocycles. The van der Waals surface area contributed by atoms with Gasteiger partial charge in [-0.25, -0.2) is 0 Å². The van der Waals surface area contributed by atoms with Crippen molar-refractivity contribution in [2.45, 2.75) is 80.1 Å². The maximum Gasteiger partial charge on any atom is 0.0916 e. The Labute approximate surface area is 250 Å². The smallest absolute Gasteiger partial charge is 0.0916 e. The van der Waals surface area contributed by atoms with Gasteiger partial charge in [0.15, 0.2) is 0 Å². The average molecular weight is 559 g/mol. The molecule has 4 aromatic carbocycles. The van der Waals surface area contributed by atoms with Gasteiger partial charge in [-0.15, -0.1) is 10.2 Å². The molecule has 216 valence electrons. The molecule has 0 amide bonds. The fourth-order valence-electron chi connectivity index (χ4n) is 4.85. The summed E-state index contributed by atoms with van der Waals surface area (Å²) in [5, 5.41) is 27.1. The molecule has 4 aromatic rings. The van der Waals surface area contributed by atoms with E-state index in [4.69, 9.17) is 0 Å². The maximum atomic E-state index is 4.64. The van der Waals surface area contributed by atoms with E-state index in [-0.39, 0.29) is 0 Å². The lowest BCUT2D eigenvalue weighted by molar-refractivity contribution is 0.795. The molecular formula is C36H42N6. The summed E-state index contributed by atoms with van der Waals surface area (Å²) in [6, 6.07) is 24.7. The van der Waals surface area contributed by atoms with Crippen LogP contribution in [-0.2, 0) is 12.8 Å². The molecule has 0 spiro atoms. The van der Waals surface area contributed by atoms with E-state index >= 15 is 0 Å². The van der Waals surface area contributed by atoms with E-state index in [1.807, 2.05) is 76.2 Å². The van der Waals surface area contributed by atoms with Crippen molar-refractivity contribution < 1.29 is 0 Å². The topological polar surface area (TPSA) is 74.2 Å². The minimum Gasteiger partial charge on any atom is -0.151 e. The molecule has 4 rings (SSSR count). The molecule has 0 N–H and O–H groups in total. The Bertz CT molecular complexity index is 1400. The van der Waals surface area contributed by atoms with Crippen LogP contribution in [0.5, 0.6) is 0 Å². The highest BCUT2D eigenvalue weighted by Gasteiger charge is 2.08. The number of nitrogens with zero attached hydrogens (tertiary/aromatic N) is 6. The van der Waals surface area contributed by atoms with Crippen LogP contribution in [0.15, 0.2) is 103 Å². The van der Waals surface area contributed by atoms with E-state index in [2.05, 4.69) is 68.8 Å². The van der Waals surface area contributed by atoms with Gasteiger partial charge < -0.3 is 0 Å². The van der Waals surface area contributed by atoms with Gasteiger partial charge >= 0.3 is 0 Å². The second-order valence-corrected chi connectivity index (χ2v) is 11.0. The Kier molecular flexibility index (Phi) is 11.0. The van der Waals surface area contributed by atoms with Crippen LogP contribution in [0.4, 0.5) is 34.1 Å². The average Bonchev–Trinajstić information content (AvgIpc) is 2.98. The molecule has 0 unspecified atom stereocenters. The van der Waals surface area contributed by atoms with Crippen molar-refractivity contribution in [3.05, 3.63) is 106 Å². The van der Waals surface area contributed by atoms with Crippen LogP contribution in [0.2, 0.25) is 0 Å². The Morgan fingerprint density at radius 2 is 0.714 bits per heavy atom. The molecule has 6 nitrogen and oxygen atoms in total. The summed E-state index contributed by atoms with van der Waals surface area (Å²) in [4.78, 5) is 0. The maximum absolute atomic E-state index is 4.64. The minimum atomic E-state index is 0.802. The first kappa shape index (κ1) is 30.6. The van der Waals surface area contributed by atoms with Gasteiger partial charge in [0.1, 0.15) is 0 Å². The quantitative estimate of drug-likeness (QED) is 0.155. The molecule has 0 atom stereocenters. The third-order valence-corrected chi connectivity index (χ3v) is 7.27. The summed E-state index contributed by atoms with van der Waals surface area (Å²) in [5.74, 6) is 0. The fourth-order valence-corrected chi connectivity index (χ4v) is 4.85. The molecule has 0 heterocycles. The van der Waals surface area contributed by atoms with Crippen LogP contribution in [-0.4, -0.2) is 0 Å². The van der Waals surface area contributed by atoms with E-state index < -0.39 is 0 Å². The second kappa shape index (κ2) is 15.1. The van der Waals surface area contributed by atoms with Gasteiger partial charge in [-0.1, -0.05) is 51.0 Å². The number of aryl methyl sites for hydroxylation is 6. The zero-order chi connectivity index (χ0) is 29.9. The Morgan fingerprint density at radius 1 is 0.405 bits per heavy atom. The monoisotopic (exact) mass is 558 g/mol. The van der Waals surface area contributed by atoms with Crippen molar-refractivity contribution in [3.8, 4) is 0 Å². The van der Waals surface area contributed by atoms with Crippen molar-refractivity contribution >= 4 is 34.1 Å². The van der Waals surface area contributed by atoms with Crippen LogP contribution in [0, 0.1) is 27.7 Å². The lowest BCUT2D eigenvalue weighted by Gasteiger charge is -2.08. The Morgan fingerprint density at radius 3 is 1.02 bits per heavy atom. The highest BCUT2D eigenvalue weighted by Crippen LogP contribution is 2.34. The number of benzene rings is 4. The van der Waals surface area contributed by atoms with Gasteiger partial charge in [0.2, 0.25) is 0 Å². The van der Waals surface area contributed by atoms with Gasteiger partial charge in [-0.05, 0) is 135 Å². The number of hydrogen-bond donors (Lipinski definition) is 0. The molecular weight excluding hydrogens is 516 g/mol. The van der Waals surface area contributed by atoms with Crippen LogP contribution < -0.4 is 0 Å². The van der Waals surface area contributed by atoms with Gasteiger partial charge in [0, 0.05) is 0 Å². The van der Waals surface area contributed by atoms with E-state index in [0.29, 0.717) is 0 Å². The van der Waals surface area contributed by atoms with Gasteiger partial charge in [-0.3, -0.25) is 0 Å². The summed E-state index contributed by atoms with van der Waals surface area (Å²) in [5.41, 5.74) is 11.7. The summed E-state index contributed by atoms with van der Waals surface area (Å²) in [6.45, 7) is 12.5. The van der Waals surface area contributed by atoms with Gasteiger partial charge in [-0.2, -0.15) is 20.5 Å². The summed E-state index contributed by atoms with van der Waals surface area (Å²) < 4.78 is 0. The summed E-state index contributed by atoms with van der Waals surface area (Å²) in [7, 11) is 0. The highest BCUT2D eigenvalue weighted by molar-refractivity contribution is 5.62. The van der Waals surface area contributed by atoms with Crippen LogP contribution in [0.25, 0.3) is 0 Å². The largest absolute Gasteiger partial charge is 0.151 e. The zero-order valence-electron chi connectivity index (χ0n) is 25.9. The van der Waals surface area contributed by atoms with E-state index in [1.54, 1.807) is 0 Å². The molecule has 42 heavy (non-hydrogen) atoms. The molecule has 0 bridgehead atoms. The van der Waals surface area contributed by atoms with E-state index in [9.17, 15) is 0 Å². The van der Waals surface area contributed by atoms with Crippen molar-refractivity contribution in [1.29, 1.82) is 0 Å². The van der Waals surface area contributed by atoms with Crippen molar-refractivity contribution in [2.75, 3.05) is 0 Å². The number of unbranched alkanes of at least 4 members (excludes halogenated alkanes) is 2. The fraction of sp³-hybridized carbons (Fsp3) is 0.333. The minimum absolute atomic E-state index is 0.802. The predicted octanol–water partition coefficient (Wildman–Crippen LogP) is 12.9. The normalized spacial score (nSPS) is 11.9. The summed E-state index contributed by atoms with van der Waals surface area (Å²) in [6.07, 6.45) is 7.00. The Hall–Kier alpha value is -4.32. The first-order chi connectivity index (χ1) is 20.4. The molecule has 0 saturated heterocycles. The molecule has 0 aliphatic rings. The molecule has 0 fully saturated rings. The standard InChI is InChI=1S/C36H42N6/c1-7-9-11-29-13-17-31(18-14-29)37-39-33-21-25(3)35(26(4)22-33)41-42-36-27(5)23-34(24-28(36)6)40-38-32-19-15-30(16-20-32)12-10-8-2/h13-24H,7-12H2,1-6H3. The van der Waals surface area contributed by atoms with Gasteiger partial charge in [0.25, 0.3) is 0 Å². The second-order valence-electron chi connectivity index (χ2n) is 11.0. The molecule has 0 aliphatic heterocycles. The van der Waals surface area contributed by atoms with Crippen LogP contribution in [0.1, 0.15) is 72.9 Å². The molecule has 0 saturated carbocycles. The lowest BCUT2D eigenvalue weighted by Crippen LogP contribution is -1.83. The zero-order valence-corrected chi connectivity index (χ0v) is 25.9.